The second kappa shape index (κ2) is 9.58. The molecule has 0 aliphatic carbocycles. The highest BCUT2D eigenvalue weighted by molar-refractivity contribution is 6.05. The van der Waals surface area contributed by atoms with Gasteiger partial charge in [0.15, 0.2) is 11.8 Å². The third-order valence-electron chi connectivity index (χ3n) is 2.54. The van der Waals surface area contributed by atoms with Crippen LogP contribution in [-0.2, 0) is 14.4 Å². The molecule has 0 unspecified atom stereocenters. The van der Waals surface area contributed by atoms with Crippen molar-refractivity contribution in [2.75, 3.05) is 6.61 Å². The summed E-state index contributed by atoms with van der Waals surface area (Å²) in [6, 6.07) is -1.64. The number of amides is 1. The highest BCUT2D eigenvalue weighted by Gasteiger charge is 2.26. The first-order valence-electron chi connectivity index (χ1n) is 6.18. The number of aliphatic hydroxyl groups is 1. The van der Waals surface area contributed by atoms with Crippen LogP contribution >= 0.6 is 0 Å². The average Bonchev–Trinajstić information content (AvgIpc) is 2.34. The number of nitrogens with one attached hydrogen (secondary N) is 1. The van der Waals surface area contributed by atoms with E-state index >= 15 is 0 Å². The van der Waals surface area contributed by atoms with E-state index in [9.17, 15) is 14.4 Å². The number of carboxylic acid groups (broad SMARTS) is 1. The molecular weight excluding hydrogens is 238 g/mol. The maximum Gasteiger partial charge on any atom is 0.334 e. The van der Waals surface area contributed by atoms with Gasteiger partial charge >= 0.3 is 5.97 Å². The fourth-order valence-electron chi connectivity index (χ4n) is 1.49. The Labute approximate surface area is 106 Å². The lowest BCUT2D eigenvalue weighted by Crippen LogP contribution is -2.47. The third kappa shape index (κ3) is 7.01. The van der Waals surface area contributed by atoms with Crippen molar-refractivity contribution in [2.45, 2.75) is 51.5 Å². The van der Waals surface area contributed by atoms with Gasteiger partial charge in [-0.3, -0.25) is 9.59 Å². The first-order valence-corrected chi connectivity index (χ1v) is 6.18. The number of Topliss-reactive ketones (excluding diaryl/α,β-unsaturated/α-hetero) is 1. The predicted molar refractivity (Wildman–Crippen MR) is 65.0 cm³/mol. The lowest BCUT2D eigenvalue weighted by atomic mass is 10.1. The van der Waals surface area contributed by atoms with Gasteiger partial charge < -0.3 is 15.5 Å². The van der Waals surface area contributed by atoms with Gasteiger partial charge in [-0.25, -0.2) is 4.79 Å². The minimum atomic E-state index is -1.64. The largest absolute Gasteiger partial charge is 0.479 e. The van der Waals surface area contributed by atoms with Gasteiger partial charge in [-0.2, -0.15) is 0 Å². The molecule has 18 heavy (non-hydrogen) atoms. The number of hydrogen-bond donors (Lipinski definition) is 3. The van der Waals surface area contributed by atoms with E-state index in [0.29, 0.717) is 6.42 Å². The molecule has 1 amide bonds. The highest BCUT2D eigenvalue weighted by Crippen LogP contribution is 2.05. The molecule has 0 saturated carbocycles. The fraction of sp³-hybridized carbons (Fsp3) is 0.750. The number of rotatable bonds is 10. The van der Waals surface area contributed by atoms with Gasteiger partial charge in [0.2, 0.25) is 5.91 Å². The lowest BCUT2D eigenvalue weighted by molar-refractivity contribution is -0.146. The minimum absolute atomic E-state index is 0.201. The highest BCUT2D eigenvalue weighted by atomic mass is 16.4. The van der Waals surface area contributed by atoms with Crippen molar-refractivity contribution < 1.29 is 24.6 Å². The second-order valence-electron chi connectivity index (χ2n) is 4.13. The number of aliphatic carboxylic acids is 1. The van der Waals surface area contributed by atoms with Crippen LogP contribution in [0.5, 0.6) is 0 Å². The number of carbonyl (C=O) groups is 3. The standard InChI is InChI=1S/C12H21NO5/c1-2-3-4-5-6-7-10(16)13-11(12(17)18)9(15)8-14/h11,14H,2-8H2,1H3,(H,13,16)(H,17,18)/t11-/m0/s1. The predicted octanol–water partition coefficient (Wildman–Crippen LogP) is 0.478. The first kappa shape index (κ1) is 16.6. The molecule has 0 rings (SSSR count). The maximum atomic E-state index is 11.4. The van der Waals surface area contributed by atoms with Crippen LogP contribution in [-0.4, -0.2) is 40.5 Å². The van der Waals surface area contributed by atoms with Crippen LogP contribution in [0.15, 0.2) is 0 Å². The molecule has 1 atom stereocenters. The molecule has 0 bridgehead atoms. The number of aliphatic hydroxyl groups excluding tert-OH is 1. The van der Waals surface area contributed by atoms with E-state index in [0.717, 1.165) is 25.7 Å². The molecule has 0 heterocycles. The zero-order valence-electron chi connectivity index (χ0n) is 10.6. The van der Waals surface area contributed by atoms with Crippen LogP contribution in [0.4, 0.5) is 0 Å². The molecule has 0 aromatic rings. The van der Waals surface area contributed by atoms with E-state index in [1.54, 1.807) is 0 Å². The monoisotopic (exact) mass is 259 g/mol. The number of carbonyl (C=O) groups excluding carboxylic acids is 2. The summed E-state index contributed by atoms with van der Waals surface area (Å²) in [6.07, 6.45) is 5.05. The molecule has 0 fully saturated rings. The summed E-state index contributed by atoms with van der Waals surface area (Å²) in [6.45, 7) is 1.19. The van der Waals surface area contributed by atoms with E-state index in [4.69, 9.17) is 10.2 Å². The number of unbranched alkanes of at least 4 members (excludes halogenated alkanes) is 4. The van der Waals surface area contributed by atoms with Crippen molar-refractivity contribution >= 4 is 17.7 Å². The molecular formula is C12H21NO5. The van der Waals surface area contributed by atoms with Crippen LogP contribution in [0, 0.1) is 0 Å². The Morgan fingerprint density at radius 1 is 1.11 bits per heavy atom. The molecule has 0 aromatic heterocycles. The van der Waals surface area contributed by atoms with Gasteiger partial charge in [0.25, 0.3) is 0 Å². The number of hydrogen-bond acceptors (Lipinski definition) is 4. The molecule has 0 saturated heterocycles. The van der Waals surface area contributed by atoms with Gasteiger partial charge in [0, 0.05) is 6.42 Å². The zero-order chi connectivity index (χ0) is 14.0. The van der Waals surface area contributed by atoms with Gasteiger partial charge in [-0.1, -0.05) is 32.6 Å². The number of ketones is 1. The Balaban J connectivity index is 3.96. The van der Waals surface area contributed by atoms with E-state index in [-0.39, 0.29) is 6.42 Å². The van der Waals surface area contributed by atoms with Gasteiger partial charge in [0.05, 0.1) is 0 Å². The molecule has 0 aliphatic rings. The zero-order valence-corrected chi connectivity index (χ0v) is 10.6. The average molecular weight is 259 g/mol. The Hall–Kier alpha value is -1.43. The molecule has 0 spiro atoms. The Kier molecular flexibility index (Phi) is 8.82. The van der Waals surface area contributed by atoms with Crippen molar-refractivity contribution in [3.8, 4) is 0 Å². The molecule has 0 aromatic carbocycles. The summed E-state index contributed by atoms with van der Waals surface area (Å²) < 4.78 is 0. The summed E-state index contributed by atoms with van der Waals surface area (Å²) >= 11 is 0. The summed E-state index contributed by atoms with van der Waals surface area (Å²) in [4.78, 5) is 33.2. The summed E-state index contributed by atoms with van der Waals surface area (Å²) in [5, 5.41) is 19.4. The summed E-state index contributed by atoms with van der Waals surface area (Å²) in [5.41, 5.74) is 0. The van der Waals surface area contributed by atoms with E-state index in [1.165, 1.54) is 0 Å². The fourth-order valence-corrected chi connectivity index (χ4v) is 1.49. The smallest absolute Gasteiger partial charge is 0.334 e. The van der Waals surface area contributed by atoms with E-state index < -0.39 is 30.3 Å². The maximum absolute atomic E-state index is 11.4. The quantitative estimate of drug-likeness (QED) is 0.391. The van der Waals surface area contributed by atoms with Gasteiger partial charge in [0.1, 0.15) is 6.61 Å². The molecule has 6 nitrogen and oxygen atoms in total. The minimum Gasteiger partial charge on any atom is -0.479 e. The molecule has 3 N–H and O–H groups in total. The molecule has 104 valence electrons. The third-order valence-corrected chi connectivity index (χ3v) is 2.54. The van der Waals surface area contributed by atoms with Crippen molar-refractivity contribution in [1.29, 1.82) is 0 Å². The first-order chi connectivity index (χ1) is 8.52. The van der Waals surface area contributed by atoms with Gasteiger partial charge in [-0.15, -0.1) is 0 Å². The van der Waals surface area contributed by atoms with Crippen LogP contribution < -0.4 is 5.32 Å². The molecule has 0 aliphatic heterocycles. The molecule has 0 radical (unpaired) electrons. The number of carboxylic acids is 1. The van der Waals surface area contributed by atoms with Crippen LogP contribution in [0.25, 0.3) is 0 Å². The lowest BCUT2D eigenvalue weighted by Gasteiger charge is -2.12. The Bertz CT molecular complexity index is 290. The van der Waals surface area contributed by atoms with Crippen LogP contribution in [0.2, 0.25) is 0 Å². The SMILES string of the molecule is CCCCCCCC(=O)N[C@H](C(=O)O)C(=O)CO. The summed E-state index contributed by atoms with van der Waals surface area (Å²) in [5.74, 6) is -2.84. The topological polar surface area (TPSA) is 104 Å². The Morgan fingerprint density at radius 3 is 2.22 bits per heavy atom. The molecule has 6 heteroatoms. The van der Waals surface area contributed by atoms with Crippen molar-refractivity contribution in [3.05, 3.63) is 0 Å². The van der Waals surface area contributed by atoms with Crippen molar-refractivity contribution in [3.63, 3.8) is 0 Å². The van der Waals surface area contributed by atoms with Gasteiger partial charge in [-0.05, 0) is 6.42 Å². The van der Waals surface area contributed by atoms with E-state index in [2.05, 4.69) is 12.2 Å². The Morgan fingerprint density at radius 2 is 1.72 bits per heavy atom. The van der Waals surface area contributed by atoms with Crippen LogP contribution in [0.1, 0.15) is 45.4 Å². The van der Waals surface area contributed by atoms with Crippen LogP contribution in [0.3, 0.4) is 0 Å². The van der Waals surface area contributed by atoms with Crippen molar-refractivity contribution in [1.82, 2.24) is 5.32 Å². The normalized spacial score (nSPS) is 11.9. The summed E-state index contributed by atoms with van der Waals surface area (Å²) in [7, 11) is 0. The van der Waals surface area contributed by atoms with E-state index in [1.807, 2.05) is 0 Å². The second-order valence-corrected chi connectivity index (χ2v) is 4.13. The van der Waals surface area contributed by atoms with Crippen molar-refractivity contribution in [2.24, 2.45) is 0 Å².